The molecule has 1 saturated heterocycles. The van der Waals surface area contributed by atoms with Gasteiger partial charge in [0.05, 0.1) is 12.5 Å². The van der Waals surface area contributed by atoms with Crippen LogP contribution in [0.4, 0.5) is 0 Å². The largest absolute Gasteiger partial charge is 0.462 e. The highest BCUT2D eigenvalue weighted by Gasteiger charge is 2.26. The van der Waals surface area contributed by atoms with Crippen LogP contribution in [0, 0.1) is 0 Å². The number of hydrogen-bond donors (Lipinski definition) is 1. The fourth-order valence-electron chi connectivity index (χ4n) is 2.90. The van der Waals surface area contributed by atoms with Gasteiger partial charge in [-0.25, -0.2) is 0 Å². The molecule has 1 N–H and O–H groups in total. The van der Waals surface area contributed by atoms with Crippen LogP contribution in [0.15, 0.2) is 40.9 Å². The Morgan fingerprint density at radius 1 is 1.19 bits per heavy atom. The first-order valence-electron chi connectivity index (χ1n) is 7.17. The molecule has 0 radical (unpaired) electrons. The smallest absolute Gasteiger partial charge is 0.308 e. The van der Waals surface area contributed by atoms with E-state index in [1.165, 1.54) is 16.3 Å². The minimum absolute atomic E-state index is 0.123. The van der Waals surface area contributed by atoms with E-state index < -0.39 is 6.10 Å². The maximum atomic E-state index is 11.4. The summed E-state index contributed by atoms with van der Waals surface area (Å²) >= 11 is 3.57. The first kappa shape index (κ1) is 14.5. The molecule has 3 rings (SSSR count). The van der Waals surface area contributed by atoms with Crippen LogP contribution in [0.1, 0.15) is 24.8 Å². The van der Waals surface area contributed by atoms with Crippen LogP contribution in [0.5, 0.6) is 0 Å². The maximum Gasteiger partial charge on any atom is 0.308 e. The topological polar surface area (TPSA) is 46.5 Å². The number of aryl methyl sites for hydroxylation is 1. The molecule has 0 aliphatic carbocycles. The standard InChI is InChI=1S/C17H17BrO3/c18-16-8-6-11(14-3-1-2-4-15(14)16)5-7-13-9-12(19)10-17(20)21-13/h1-4,6,8,12-13,19H,5,7,9-10H2/t12-,13?/m1/s1. The molecule has 2 aromatic rings. The zero-order valence-electron chi connectivity index (χ0n) is 11.6. The summed E-state index contributed by atoms with van der Waals surface area (Å²) in [5.74, 6) is -0.292. The van der Waals surface area contributed by atoms with Crippen LogP contribution in [0.25, 0.3) is 10.8 Å². The zero-order valence-corrected chi connectivity index (χ0v) is 13.2. The Hall–Kier alpha value is -1.39. The molecule has 2 aromatic carbocycles. The van der Waals surface area contributed by atoms with E-state index in [9.17, 15) is 9.90 Å². The van der Waals surface area contributed by atoms with E-state index in [2.05, 4.69) is 40.2 Å². The third kappa shape index (κ3) is 3.27. The number of ether oxygens (including phenoxy) is 1. The van der Waals surface area contributed by atoms with Gasteiger partial charge in [0.25, 0.3) is 0 Å². The second kappa shape index (κ2) is 6.16. The SMILES string of the molecule is O=C1C[C@H](O)CC(CCc2ccc(Br)c3ccccc23)O1. The van der Waals surface area contributed by atoms with E-state index in [1.54, 1.807) is 0 Å². The monoisotopic (exact) mass is 348 g/mol. The number of fused-ring (bicyclic) bond motifs is 1. The molecule has 3 nitrogen and oxygen atoms in total. The van der Waals surface area contributed by atoms with E-state index in [1.807, 2.05) is 12.1 Å². The number of carbonyl (C=O) groups is 1. The van der Waals surface area contributed by atoms with E-state index in [0.29, 0.717) is 6.42 Å². The van der Waals surface area contributed by atoms with Crippen LogP contribution >= 0.6 is 15.9 Å². The van der Waals surface area contributed by atoms with Crippen molar-refractivity contribution < 1.29 is 14.6 Å². The van der Waals surface area contributed by atoms with Gasteiger partial charge in [0.2, 0.25) is 0 Å². The number of hydrogen-bond acceptors (Lipinski definition) is 3. The summed E-state index contributed by atoms with van der Waals surface area (Å²) in [6.07, 6.45) is 1.51. The Morgan fingerprint density at radius 3 is 2.71 bits per heavy atom. The molecule has 1 aliphatic rings. The van der Waals surface area contributed by atoms with E-state index in [-0.39, 0.29) is 18.5 Å². The summed E-state index contributed by atoms with van der Waals surface area (Å²) in [6.45, 7) is 0. The molecule has 110 valence electrons. The van der Waals surface area contributed by atoms with Crippen molar-refractivity contribution in [2.24, 2.45) is 0 Å². The van der Waals surface area contributed by atoms with Gasteiger partial charge in [0, 0.05) is 10.9 Å². The van der Waals surface area contributed by atoms with Crippen molar-refractivity contribution in [2.45, 2.75) is 37.9 Å². The highest BCUT2D eigenvalue weighted by molar-refractivity contribution is 9.10. The molecule has 0 bridgehead atoms. The molecule has 1 aliphatic heterocycles. The molecule has 0 aromatic heterocycles. The lowest BCUT2D eigenvalue weighted by atomic mass is 9.96. The van der Waals surface area contributed by atoms with Crippen LogP contribution in [0.2, 0.25) is 0 Å². The van der Waals surface area contributed by atoms with Crippen molar-refractivity contribution in [1.29, 1.82) is 0 Å². The Balaban J connectivity index is 1.76. The fraction of sp³-hybridized carbons (Fsp3) is 0.353. The Kier molecular flexibility index (Phi) is 4.27. The molecular formula is C17H17BrO3. The number of cyclic esters (lactones) is 1. The number of halogens is 1. The Labute approximate surface area is 132 Å². The Bertz CT molecular complexity index is 668. The van der Waals surface area contributed by atoms with Gasteiger partial charge >= 0.3 is 5.97 Å². The van der Waals surface area contributed by atoms with Gasteiger partial charge in [0.1, 0.15) is 6.10 Å². The molecule has 1 unspecified atom stereocenters. The number of esters is 1. The third-order valence-corrected chi connectivity index (χ3v) is 4.62. The summed E-state index contributed by atoms with van der Waals surface area (Å²) in [4.78, 5) is 11.4. The van der Waals surface area contributed by atoms with Crippen molar-refractivity contribution in [3.63, 3.8) is 0 Å². The van der Waals surface area contributed by atoms with Crippen LogP contribution < -0.4 is 0 Å². The average molecular weight is 349 g/mol. The minimum atomic E-state index is -0.557. The second-order valence-electron chi connectivity index (χ2n) is 5.50. The van der Waals surface area contributed by atoms with E-state index in [0.717, 1.165) is 17.3 Å². The summed E-state index contributed by atoms with van der Waals surface area (Å²) in [5, 5.41) is 12.1. The van der Waals surface area contributed by atoms with Crippen molar-refractivity contribution in [1.82, 2.24) is 0 Å². The molecular weight excluding hydrogens is 332 g/mol. The summed E-state index contributed by atoms with van der Waals surface area (Å²) in [7, 11) is 0. The summed E-state index contributed by atoms with van der Waals surface area (Å²) in [5.41, 5.74) is 1.24. The summed E-state index contributed by atoms with van der Waals surface area (Å²) in [6, 6.07) is 12.4. The van der Waals surface area contributed by atoms with Crippen LogP contribution in [-0.4, -0.2) is 23.3 Å². The van der Waals surface area contributed by atoms with Crippen molar-refractivity contribution in [2.75, 3.05) is 0 Å². The second-order valence-corrected chi connectivity index (χ2v) is 6.35. The highest BCUT2D eigenvalue weighted by Crippen LogP contribution is 2.28. The maximum absolute atomic E-state index is 11.4. The fourth-order valence-corrected chi connectivity index (χ4v) is 3.38. The number of aliphatic hydroxyl groups is 1. The Morgan fingerprint density at radius 2 is 1.95 bits per heavy atom. The number of benzene rings is 2. The normalized spacial score (nSPS) is 22.3. The first-order chi connectivity index (χ1) is 10.1. The van der Waals surface area contributed by atoms with Crippen LogP contribution in [0.3, 0.4) is 0 Å². The van der Waals surface area contributed by atoms with Gasteiger partial charge in [0.15, 0.2) is 0 Å². The number of rotatable bonds is 3. The summed E-state index contributed by atoms with van der Waals surface area (Å²) < 4.78 is 6.39. The first-order valence-corrected chi connectivity index (χ1v) is 7.96. The van der Waals surface area contributed by atoms with Gasteiger partial charge in [-0.05, 0) is 35.2 Å². The quantitative estimate of drug-likeness (QED) is 0.862. The van der Waals surface area contributed by atoms with E-state index >= 15 is 0 Å². The average Bonchev–Trinajstić information content (AvgIpc) is 2.46. The highest BCUT2D eigenvalue weighted by atomic mass is 79.9. The molecule has 0 amide bonds. The van der Waals surface area contributed by atoms with Gasteiger partial charge in [-0.1, -0.05) is 46.3 Å². The molecule has 1 fully saturated rings. The predicted octanol–water partition coefficient (Wildman–Crippen LogP) is 3.60. The van der Waals surface area contributed by atoms with Crippen molar-refractivity contribution in [3.05, 3.63) is 46.4 Å². The van der Waals surface area contributed by atoms with Crippen LogP contribution in [-0.2, 0) is 16.0 Å². The van der Waals surface area contributed by atoms with Crippen molar-refractivity contribution in [3.8, 4) is 0 Å². The molecule has 21 heavy (non-hydrogen) atoms. The zero-order chi connectivity index (χ0) is 14.8. The molecule has 4 heteroatoms. The lowest BCUT2D eigenvalue weighted by Crippen LogP contribution is -2.32. The third-order valence-electron chi connectivity index (χ3n) is 3.93. The predicted molar refractivity (Wildman–Crippen MR) is 85.1 cm³/mol. The van der Waals surface area contributed by atoms with Gasteiger partial charge in [-0.3, -0.25) is 4.79 Å². The minimum Gasteiger partial charge on any atom is -0.462 e. The van der Waals surface area contributed by atoms with Gasteiger partial charge < -0.3 is 9.84 Å². The lowest BCUT2D eigenvalue weighted by molar-refractivity contribution is -0.160. The number of aliphatic hydroxyl groups excluding tert-OH is 1. The molecule has 0 spiro atoms. The molecule has 0 saturated carbocycles. The van der Waals surface area contributed by atoms with E-state index in [4.69, 9.17) is 4.74 Å². The van der Waals surface area contributed by atoms with Gasteiger partial charge in [-0.15, -0.1) is 0 Å². The lowest BCUT2D eigenvalue weighted by Gasteiger charge is -2.26. The van der Waals surface area contributed by atoms with Crippen molar-refractivity contribution >= 4 is 32.7 Å². The van der Waals surface area contributed by atoms with Gasteiger partial charge in [-0.2, -0.15) is 0 Å². The number of carbonyl (C=O) groups excluding carboxylic acids is 1. The molecule has 1 heterocycles. The molecule has 2 atom stereocenters.